The second-order valence-electron chi connectivity index (χ2n) is 6.33. The summed E-state index contributed by atoms with van der Waals surface area (Å²) >= 11 is 0. The van der Waals surface area contributed by atoms with Gasteiger partial charge in [-0.1, -0.05) is 6.07 Å². The largest absolute Gasteiger partial charge is 0.334 e. The van der Waals surface area contributed by atoms with Gasteiger partial charge in [0.2, 0.25) is 0 Å². The van der Waals surface area contributed by atoms with Crippen molar-refractivity contribution in [3.05, 3.63) is 29.3 Å². The Morgan fingerprint density at radius 2 is 2.05 bits per heavy atom. The first-order valence-electron chi connectivity index (χ1n) is 7.84. The summed E-state index contributed by atoms with van der Waals surface area (Å²) in [4.78, 5) is 14.5. The first kappa shape index (κ1) is 15.8. The zero-order chi connectivity index (χ0) is 15.4. The number of rotatable bonds is 3. The molecule has 1 aromatic rings. The van der Waals surface area contributed by atoms with E-state index in [4.69, 9.17) is 0 Å². The Labute approximate surface area is 127 Å². The molecule has 2 N–H and O–H groups in total. The Morgan fingerprint density at radius 3 is 2.71 bits per heavy atom. The topological polar surface area (TPSA) is 44.4 Å². The highest BCUT2D eigenvalue weighted by molar-refractivity contribution is 5.89. The normalized spacial score (nSPS) is 19.6. The van der Waals surface area contributed by atoms with Gasteiger partial charge in [-0.05, 0) is 70.3 Å². The molecule has 0 spiro atoms. The lowest BCUT2D eigenvalue weighted by molar-refractivity contribution is 0.156. The lowest BCUT2D eigenvalue weighted by Crippen LogP contribution is -2.50. The third-order valence-electron chi connectivity index (χ3n) is 4.28. The van der Waals surface area contributed by atoms with Crippen molar-refractivity contribution < 1.29 is 4.79 Å². The average molecular weight is 289 g/mol. The molecule has 2 amide bonds. The van der Waals surface area contributed by atoms with Gasteiger partial charge in [0.25, 0.3) is 0 Å². The van der Waals surface area contributed by atoms with Crippen LogP contribution in [0.4, 0.5) is 10.5 Å². The fourth-order valence-electron chi connectivity index (χ4n) is 2.77. The second kappa shape index (κ2) is 6.94. The van der Waals surface area contributed by atoms with Crippen LogP contribution in [0.1, 0.15) is 37.8 Å². The van der Waals surface area contributed by atoms with Crippen LogP contribution in [0.25, 0.3) is 0 Å². The lowest BCUT2D eigenvalue weighted by atomic mass is 10.0. The highest BCUT2D eigenvalue weighted by Gasteiger charge is 2.22. The van der Waals surface area contributed by atoms with Crippen molar-refractivity contribution in [3.63, 3.8) is 0 Å². The minimum absolute atomic E-state index is 0.103. The molecule has 0 bridgehead atoms. The number of hydrogen-bond acceptors (Lipinski definition) is 2. The van der Waals surface area contributed by atoms with E-state index in [0.717, 1.165) is 31.6 Å². The maximum atomic E-state index is 12.1. The number of hydrogen-bond donors (Lipinski definition) is 2. The molecule has 4 heteroatoms. The Kier molecular flexibility index (Phi) is 5.23. The van der Waals surface area contributed by atoms with E-state index in [1.165, 1.54) is 11.1 Å². The third-order valence-corrected chi connectivity index (χ3v) is 4.28. The number of likely N-dealkylation sites (tertiary alicyclic amines) is 1. The predicted molar refractivity (Wildman–Crippen MR) is 87.8 cm³/mol. The van der Waals surface area contributed by atoms with Gasteiger partial charge < -0.3 is 10.6 Å². The molecule has 2 rings (SSSR count). The summed E-state index contributed by atoms with van der Waals surface area (Å²) in [5.74, 6) is 0. The molecule has 1 aromatic carbocycles. The van der Waals surface area contributed by atoms with Crippen LogP contribution in [-0.4, -0.2) is 36.1 Å². The van der Waals surface area contributed by atoms with Crippen molar-refractivity contribution in [1.29, 1.82) is 0 Å². The maximum Gasteiger partial charge on any atom is 0.319 e. The predicted octanol–water partition coefficient (Wildman–Crippen LogP) is 3.30. The Hall–Kier alpha value is -1.55. The van der Waals surface area contributed by atoms with E-state index in [2.05, 4.69) is 43.2 Å². The summed E-state index contributed by atoms with van der Waals surface area (Å²) in [6, 6.07) is 6.67. The van der Waals surface area contributed by atoms with Crippen LogP contribution in [0.15, 0.2) is 18.2 Å². The number of benzene rings is 1. The summed E-state index contributed by atoms with van der Waals surface area (Å²) in [6.45, 7) is 10.6. The van der Waals surface area contributed by atoms with Crippen LogP contribution in [-0.2, 0) is 0 Å². The molecule has 1 aliphatic rings. The van der Waals surface area contributed by atoms with Crippen LogP contribution in [0.3, 0.4) is 0 Å². The summed E-state index contributed by atoms with van der Waals surface area (Å²) in [5, 5.41) is 6.03. The zero-order valence-corrected chi connectivity index (χ0v) is 13.6. The summed E-state index contributed by atoms with van der Waals surface area (Å²) in [7, 11) is 0. The fraction of sp³-hybridized carbons (Fsp3) is 0.588. The van der Waals surface area contributed by atoms with Crippen LogP contribution < -0.4 is 10.6 Å². The highest BCUT2D eigenvalue weighted by Crippen LogP contribution is 2.15. The number of nitrogens with zero attached hydrogens (tertiary/aromatic N) is 1. The Balaban J connectivity index is 1.87. The monoisotopic (exact) mass is 289 g/mol. The summed E-state index contributed by atoms with van der Waals surface area (Å²) in [5.41, 5.74) is 3.28. The first-order chi connectivity index (χ1) is 9.95. The van der Waals surface area contributed by atoms with Crippen LogP contribution in [0.2, 0.25) is 0 Å². The number of amides is 2. The van der Waals surface area contributed by atoms with Gasteiger partial charge in [-0.2, -0.15) is 0 Å². The number of anilines is 1. The van der Waals surface area contributed by atoms with E-state index in [0.29, 0.717) is 6.04 Å². The SMILES string of the molecule is Cc1ccc(NC(=O)N[C@@H]2CCCN(C(C)C)C2)cc1C. The van der Waals surface area contributed by atoms with Gasteiger partial charge in [0.1, 0.15) is 0 Å². The molecule has 0 radical (unpaired) electrons. The van der Waals surface area contributed by atoms with Gasteiger partial charge in [-0.3, -0.25) is 4.90 Å². The fourth-order valence-corrected chi connectivity index (χ4v) is 2.77. The van der Waals surface area contributed by atoms with E-state index in [1.54, 1.807) is 0 Å². The molecule has 21 heavy (non-hydrogen) atoms. The van der Waals surface area contributed by atoms with Crippen molar-refractivity contribution in [1.82, 2.24) is 10.2 Å². The molecule has 1 atom stereocenters. The number of aryl methyl sites for hydroxylation is 2. The van der Waals surface area contributed by atoms with Crippen molar-refractivity contribution in [2.45, 2.75) is 52.6 Å². The average Bonchev–Trinajstić information content (AvgIpc) is 2.43. The van der Waals surface area contributed by atoms with Gasteiger partial charge in [0.15, 0.2) is 0 Å². The van der Waals surface area contributed by atoms with Gasteiger partial charge >= 0.3 is 6.03 Å². The van der Waals surface area contributed by atoms with Crippen molar-refractivity contribution in [2.24, 2.45) is 0 Å². The zero-order valence-electron chi connectivity index (χ0n) is 13.6. The molecule has 116 valence electrons. The van der Waals surface area contributed by atoms with Crippen LogP contribution in [0.5, 0.6) is 0 Å². The van der Waals surface area contributed by atoms with Gasteiger partial charge in [-0.25, -0.2) is 4.79 Å². The third kappa shape index (κ3) is 4.46. The van der Waals surface area contributed by atoms with Crippen LogP contribution in [0, 0.1) is 13.8 Å². The van der Waals surface area contributed by atoms with E-state index in [-0.39, 0.29) is 12.1 Å². The molecule has 1 fully saturated rings. The maximum absolute atomic E-state index is 12.1. The second-order valence-corrected chi connectivity index (χ2v) is 6.33. The number of carbonyl (C=O) groups is 1. The molecule has 0 saturated carbocycles. The number of urea groups is 1. The smallest absolute Gasteiger partial charge is 0.319 e. The number of piperidine rings is 1. The Bertz CT molecular complexity index is 499. The lowest BCUT2D eigenvalue weighted by Gasteiger charge is -2.35. The van der Waals surface area contributed by atoms with E-state index < -0.39 is 0 Å². The van der Waals surface area contributed by atoms with Gasteiger partial charge in [-0.15, -0.1) is 0 Å². The molecule has 1 saturated heterocycles. The summed E-state index contributed by atoms with van der Waals surface area (Å²) < 4.78 is 0. The minimum atomic E-state index is -0.103. The van der Waals surface area contributed by atoms with Crippen molar-refractivity contribution in [2.75, 3.05) is 18.4 Å². The molecule has 4 nitrogen and oxygen atoms in total. The minimum Gasteiger partial charge on any atom is -0.334 e. The molecular formula is C17H27N3O. The quantitative estimate of drug-likeness (QED) is 0.896. The number of carbonyl (C=O) groups excluding carboxylic acids is 1. The molecule has 1 aliphatic heterocycles. The molecular weight excluding hydrogens is 262 g/mol. The molecule has 0 unspecified atom stereocenters. The standard InChI is InChI=1S/C17H27N3O/c1-12(2)20-9-5-6-16(11-20)19-17(21)18-15-8-7-13(3)14(4)10-15/h7-8,10,12,16H,5-6,9,11H2,1-4H3,(H2,18,19,21)/t16-/m1/s1. The summed E-state index contributed by atoms with van der Waals surface area (Å²) in [6.07, 6.45) is 2.20. The van der Waals surface area contributed by atoms with Gasteiger partial charge in [0.05, 0.1) is 0 Å². The van der Waals surface area contributed by atoms with E-state index >= 15 is 0 Å². The molecule has 0 aliphatic carbocycles. The van der Waals surface area contributed by atoms with E-state index in [1.807, 2.05) is 18.2 Å². The van der Waals surface area contributed by atoms with Gasteiger partial charge in [0, 0.05) is 24.3 Å². The van der Waals surface area contributed by atoms with Crippen LogP contribution >= 0.6 is 0 Å². The molecule has 1 heterocycles. The first-order valence-corrected chi connectivity index (χ1v) is 7.84. The highest BCUT2D eigenvalue weighted by atomic mass is 16.2. The van der Waals surface area contributed by atoms with Crippen molar-refractivity contribution in [3.8, 4) is 0 Å². The van der Waals surface area contributed by atoms with E-state index in [9.17, 15) is 4.79 Å². The Morgan fingerprint density at radius 1 is 1.29 bits per heavy atom. The molecule has 0 aromatic heterocycles. The van der Waals surface area contributed by atoms with Crippen molar-refractivity contribution >= 4 is 11.7 Å². The number of nitrogens with one attached hydrogen (secondary N) is 2.